The van der Waals surface area contributed by atoms with Crippen molar-refractivity contribution >= 4 is 30.6 Å². The Labute approximate surface area is 174 Å². The summed E-state index contributed by atoms with van der Waals surface area (Å²) in [5.41, 5.74) is 7.75. The van der Waals surface area contributed by atoms with Gasteiger partial charge in [-0.3, -0.25) is 0 Å². The molecule has 2 aromatic carbocycles. The van der Waals surface area contributed by atoms with Gasteiger partial charge in [0.05, 0.1) is 15.2 Å². The van der Waals surface area contributed by atoms with Crippen LogP contribution in [0, 0.1) is 0 Å². The second kappa shape index (κ2) is 10.5. The van der Waals surface area contributed by atoms with Gasteiger partial charge in [-0.05, 0) is 35.5 Å². The Hall–Kier alpha value is -2.09. The van der Waals surface area contributed by atoms with E-state index in [2.05, 4.69) is 54.5 Å². The number of rotatable bonds is 9. The third-order valence-electron chi connectivity index (χ3n) is 4.33. The summed E-state index contributed by atoms with van der Waals surface area (Å²) in [4.78, 5) is 0. The number of ether oxygens (including phenoxy) is 2. The second-order valence-corrected chi connectivity index (χ2v) is 13.1. The van der Waals surface area contributed by atoms with Gasteiger partial charge in [0.1, 0.15) is 6.61 Å². The van der Waals surface area contributed by atoms with Gasteiger partial charge >= 0.3 is 0 Å². The van der Waals surface area contributed by atoms with Crippen LogP contribution < -0.4 is 31.0 Å². The van der Waals surface area contributed by atoms with Crippen molar-refractivity contribution in [2.45, 2.75) is 32.7 Å². The number of hydrogen-bond acceptors (Lipinski definition) is 4. The Morgan fingerprint density at radius 2 is 1.57 bits per heavy atom. The summed E-state index contributed by atoms with van der Waals surface area (Å²) >= 11 is 5.40. The molecule has 0 heterocycles. The summed E-state index contributed by atoms with van der Waals surface area (Å²) in [6.45, 7) is 9.29. The summed E-state index contributed by atoms with van der Waals surface area (Å²) < 4.78 is 11.0. The first-order chi connectivity index (χ1) is 13.3. The molecule has 0 amide bonds. The molecule has 4 N–H and O–H groups in total. The molecule has 0 bridgehead atoms. The van der Waals surface area contributed by atoms with Crippen LogP contribution >= 0.6 is 12.2 Å². The van der Waals surface area contributed by atoms with E-state index in [1.807, 2.05) is 18.2 Å². The van der Waals surface area contributed by atoms with Crippen molar-refractivity contribution < 1.29 is 9.47 Å². The SMILES string of the molecule is COc1cc(CNC(=S)NCc2ccc([Si](C)(C)C)cc2)ccc1OCCN. The predicted molar refractivity (Wildman–Crippen MR) is 123 cm³/mol. The fourth-order valence-electron chi connectivity index (χ4n) is 2.66. The van der Waals surface area contributed by atoms with Crippen LogP contribution in [-0.2, 0) is 13.1 Å². The van der Waals surface area contributed by atoms with Crippen molar-refractivity contribution in [2.75, 3.05) is 20.3 Å². The number of hydrogen-bond donors (Lipinski definition) is 3. The molecule has 2 rings (SSSR count). The van der Waals surface area contributed by atoms with Gasteiger partial charge in [0.2, 0.25) is 0 Å². The van der Waals surface area contributed by atoms with E-state index in [1.54, 1.807) is 7.11 Å². The molecule has 5 nitrogen and oxygen atoms in total. The van der Waals surface area contributed by atoms with Gasteiger partial charge in [0.25, 0.3) is 0 Å². The number of thiocarbonyl (C=S) groups is 1. The lowest BCUT2D eigenvalue weighted by Gasteiger charge is -2.17. The zero-order chi connectivity index (χ0) is 20.6. The highest BCUT2D eigenvalue weighted by atomic mass is 32.1. The van der Waals surface area contributed by atoms with Crippen molar-refractivity contribution in [1.29, 1.82) is 0 Å². The quantitative estimate of drug-likeness (QED) is 0.431. The molecule has 0 saturated heterocycles. The molecule has 7 heteroatoms. The fraction of sp³-hybridized carbons (Fsp3) is 0.381. The van der Waals surface area contributed by atoms with E-state index in [0.717, 1.165) is 5.56 Å². The minimum Gasteiger partial charge on any atom is -0.493 e. The van der Waals surface area contributed by atoms with E-state index in [9.17, 15) is 0 Å². The highest BCUT2D eigenvalue weighted by Gasteiger charge is 2.15. The third kappa shape index (κ3) is 6.81. The van der Waals surface area contributed by atoms with Crippen molar-refractivity contribution in [1.82, 2.24) is 10.6 Å². The average Bonchev–Trinajstić information content (AvgIpc) is 2.69. The first-order valence-corrected chi connectivity index (χ1v) is 13.3. The summed E-state index contributed by atoms with van der Waals surface area (Å²) in [5, 5.41) is 8.57. The Balaban J connectivity index is 1.83. The molecule has 28 heavy (non-hydrogen) atoms. The zero-order valence-corrected chi connectivity index (χ0v) is 19.0. The van der Waals surface area contributed by atoms with Crippen LogP contribution in [0.2, 0.25) is 19.6 Å². The van der Waals surface area contributed by atoms with Crippen LogP contribution in [0.15, 0.2) is 42.5 Å². The minimum absolute atomic E-state index is 0.459. The monoisotopic (exact) mass is 417 g/mol. The zero-order valence-electron chi connectivity index (χ0n) is 17.2. The van der Waals surface area contributed by atoms with E-state index in [-0.39, 0.29) is 0 Å². The normalized spacial score (nSPS) is 11.0. The van der Waals surface area contributed by atoms with Crippen LogP contribution in [0.25, 0.3) is 0 Å². The molecular formula is C21H31N3O2SSi. The summed E-state index contributed by atoms with van der Waals surface area (Å²) in [5.74, 6) is 1.38. The van der Waals surface area contributed by atoms with Crippen molar-refractivity contribution in [3.05, 3.63) is 53.6 Å². The van der Waals surface area contributed by atoms with Gasteiger partial charge in [-0.25, -0.2) is 0 Å². The lowest BCUT2D eigenvalue weighted by atomic mass is 10.2. The summed E-state index contributed by atoms with van der Waals surface area (Å²) in [6, 6.07) is 14.6. The molecule has 152 valence electrons. The van der Waals surface area contributed by atoms with Crippen LogP contribution in [0.1, 0.15) is 11.1 Å². The van der Waals surface area contributed by atoms with Crippen LogP contribution in [-0.4, -0.2) is 33.4 Å². The Morgan fingerprint density at radius 3 is 2.14 bits per heavy atom. The van der Waals surface area contributed by atoms with E-state index >= 15 is 0 Å². The fourth-order valence-corrected chi connectivity index (χ4v) is 3.97. The van der Waals surface area contributed by atoms with E-state index in [4.69, 9.17) is 27.4 Å². The number of methoxy groups -OCH3 is 1. The van der Waals surface area contributed by atoms with E-state index in [1.165, 1.54) is 10.8 Å². The molecule has 0 saturated carbocycles. The Bertz CT molecular complexity index is 776. The predicted octanol–water partition coefficient (Wildman–Crippen LogP) is 2.74. The third-order valence-corrected chi connectivity index (χ3v) is 6.68. The molecular weight excluding hydrogens is 386 g/mol. The molecule has 0 aliphatic carbocycles. The molecule has 0 aromatic heterocycles. The molecule has 0 fully saturated rings. The molecule has 2 aromatic rings. The van der Waals surface area contributed by atoms with Gasteiger partial charge in [-0.15, -0.1) is 0 Å². The van der Waals surface area contributed by atoms with E-state index < -0.39 is 8.07 Å². The molecule has 0 atom stereocenters. The first kappa shape index (κ1) is 22.2. The van der Waals surface area contributed by atoms with Gasteiger partial charge in [0, 0.05) is 19.6 Å². The molecule has 0 unspecified atom stereocenters. The van der Waals surface area contributed by atoms with Gasteiger partial charge in [0.15, 0.2) is 16.6 Å². The largest absolute Gasteiger partial charge is 0.493 e. The lowest BCUT2D eigenvalue weighted by Crippen LogP contribution is -2.37. The maximum atomic E-state index is 5.57. The summed E-state index contributed by atoms with van der Waals surface area (Å²) in [6.07, 6.45) is 0. The van der Waals surface area contributed by atoms with Crippen molar-refractivity contribution in [3.63, 3.8) is 0 Å². The number of nitrogens with one attached hydrogen (secondary N) is 2. The van der Waals surface area contributed by atoms with Crippen LogP contribution in [0.5, 0.6) is 11.5 Å². The van der Waals surface area contributed by atoms with Crippen LogP contribution in [0.3, 0.4) is 0 Å². The van der Waals surface area contributed by atoms with Crippen molar-refractivity contribution in [2.24, 2.45) is 5.73 Å². The number of nitrogens with two attached hydrogens (primary N) is 1. The Morgan fingerprint density at radius 1 is 0.964 bits per heavy atom. The standard InChI is InChI=1S/C21H31N3O2SSi/c1-25-20-13-17(7-10-19(20)26-12-11-22)15-24-21(27)23-14-16-5-8-18(9-6-16)28(2,3)4/h5-10,13H,11-12,14-15,22H2,1-4H3,(H2,23,24,27). The molecule has 0 spiro atoms. The molecule has 0 aliphatic rings. The van der Waals surface area contributed by atoms with E-state index in [0.29, 0.717) is 42.9 Å². The van der Waals surface area contributed by atoms with Gasteiger partial charge in [-0.1, -0.05) is 55.2 Å². The lowest BCUT2D eigenvalue weighted by molar-refractivity contribution is 0.302. The van der Waals surface area contributed by atoms with Crippen molar-refractivity contribution in [3.8, 4) is 11.5 Å². The maximum absolute atomic E-state index is 5.57. The van der Waals surface area contributed by atoms with Gasteiger partial charge < -0.3 is 25.8 Å². The first-order valence-electron chi connectivity index (χ1n) is 9.44. The Kier molecular flexibility index (Phi) is 8.29. The highest BCUT2D eigenvalue weighted by molar-refractivity contribution is 7.80. The molecule has 0 aliphatic heterocycles. The second-order valence-electron chi connectivity index (χ2n) is 7.61. The maximum Gasteiger partial charge on any atom is 0.166 e. The van der Waals surface area contributed by atoms with Gasteiger partial charge in [-0.2, -0.15) is 0 Å². The van der Waals surface area contributed by atoms with Crippen LogP contribution in [0.4, 0.5) is 0 Å². The smallest absolute Gasteiger partial charge is 0.166 e. The average molecular weight is 418 g/mol. The highest BCUT2D eigenvalue weighted by Crippen LogP contribution is 2.27. The summed E-state index contributed by atoms with van der Waals surface area (Å²) in [7, 11) is 0.372. The molecule has 0 radical (unpaired) electrons. The number of benzene rings is 2. The topological polar surface area (TPSA) is 68.5 Å². The minimum atomic E-state index is -1.25.